The summed E-state index contributed by atoms with van der Waals surface area (Å²) in [6.07, 6.45) is -0.587. The predicted octanol–water partition coefficient (Wildman–Crippen LogP) is 1.85. The molecule has 23 heavy (non-hydrogen) atoms. The van der Waals surface area contributed by atoms with E-state index < -0.39 is 23.8 Å². The molecule has 0 radical (unpaired) electrons. The molecule has 2 atom stereocenters. The summed E-state index contributed by atoms with van der Waals surface area (Å²) in [5, 5.41) is 12.3. The predicted molar refractivity (Wildman–Crippen MR) is 85.8 cm³/mol. The summed E-state index contributed by atoms with van der Waals surface area (Å²) in [6, 6.07) is 8.21. The fourth-order valence-electron chi connectivity index (χ4n) is 2.48. The largest absolute Gasteiger partial charge is 0.444 e. The van der Waals surface area contributed by atoms with Gasteiger partial charge in [-0.1, -0.05) is 30.3 Å². The summed E-state index contributed by atoms with van der Waals surface area (Å²) in [7, 11) is 0. The summed E-state index contributed by atoms with van der Waals surface area (Å²) in [5.74, 6) is -0.237. The van der Waals surface area contributed by atoms with Crippen LogP contribution in [-0.2, 0) is 9.53 Å². The van der Waals surface area contributed by atoms with Crippen LogP contribution in [0.1, 0.15) is 38.8 Å². The number of hydrogen-bond acceptors (Lipinski definition) is 4. The first-order valence-corrected chi connectivity index (χ1v) is 7.77. The number of aliphatic hydroxyl groups is 1. The van der Waals surface area contributed by atoms with Crippen LogP contribution < -0.4 is 5.32 Å². The standard InChI is InChI=1S/C17H24N2O4/c1-17(2,3)23-16(22)18-14(12-7-5-4-6-8-12)15(21)19-10-9-13(20)11-19/h4-8,13-14,20H,9-11H2,1-3H3,(H,18,22)/t13-,14-/m0/s1. The SMILES string of the molecule is CC(C)(C)OC(=O)N[C@H](C(=O)N1CC[C@H](O)C1)c1ccccc1. The molecule has 2 amide bonds. The van der Waals surface area contributed by atoms with Gasteiger partial charge in [0.05, 0.1) is 6.10 Å². The molecule has 1 aromatic carbocycles. The minimum atomic E-state index is -0.823. The van der Waals surface area contributed by atoms with E-state index in [0.29, 0.717) is 18.5 Å². The zero-order valence-corrected chi connectivity index (χ0v) is 13.8. The number of carbonyl (C=O) groups is 2. The number of amides is 2. The molecule has 0 spiro atoms. The van der Waals surface area contributed by atoms with Gasteiger partial charge in [0.15, 0.2) is 0 Å². The van der Waals surface area contributed by atoms with E-state index in [1.807, 2.05) is 18.2 Å². The van der Waals surface area contributed by atoms with E-state index in [4.69, 9.17) is 4.74 Å². The van der Waals surface area contributed by atoms with Gasteiger partial charge in [-0.05, 0) is 32.8 Å². The van der Waals surface area contributed by atoms with Gasteiger partial charge in [-0.3, -0.25) is 4.79 Å². The maximum absolute atomic E-state index is 12.7. The van der Waals surface area contributed by atoms with E-state index in [1.165, 1.54) is 0 Å². The number of nitrogens with zero attached hydrogens (tertiary/aromatic N) is 1. The van der Waals surface area contributed by atoms with Crippen molar-refractivity contribution >= 4 is 12.0 Å². The second-order valence-electron chi connectivity index (χ2n) is 6.72. The Bertz CT molecular complexity index is 553. The molecule has 1 aliphatic heterocycles. The molecule has 6 nitrogen and oxygen atoms in total. The van der Waals surface area contributed by atoms with Gasteiger partial charge in [-0.25, -0.2) is 4.79 Å². The van der Waals surface area contributed by atoms with E-state index in [2.05, 4.69) is 5.32 Å². The van der Waals surface area contributed by atoms with Gasteiger partial charge >= 0.3 is 6.09 Å². The normalized spacial score (nSPS) is 19.3. The number of ether oxygens (including phenoxy) is 1. The number of benzene rings is 1. The summed E-state index contributed by atoms with van der Waals surface area (Å²) in [5.41, 5.74) is 0.0443. The van der Waals surface area contributed by atoms with Gasteiger partial charge in [-0.15, -0.1) is 0 Å². The van der Waals surface area contributed by atoms with Crippen LogP contribution >= 0.6 is 0 Å². The average Bonchev–Trinajstić information content (AvgIpc) is 2.90. The second-order valence-corrected chi connectivity index (χ2v) is 6.72. The molecule has 2 N–H and O–H groups in total. The van der Waals surface area contributed by atoms with E-state index in [9.17, 15) is 14.7 Å². The first-order chi connectivity index (χ1) is 10.8. The topological polar surface area (TPSA) is 78.9 Å². The van der Waals surface area contributed by atoms with Crippen LogP contribution in [0.25, 0.3) is 0 Å². The van der Waals surface area contributed by atoms with Crippen molar-refractivity contribution < 1.29 is 19.4 Å². The summed E-state index contributed by atoms with van der Waals surface area (Å²) >= 11 is 0. The lowest BCUT2D eigenvalue weighted by Gasteiger charge is -2.26. The molecule has 2 rings (SSSR count). The fourth-order valence-corrected chi connectivity index (χ4v) is 2.48. The third kappa shape index (κ3) is 4.96. The highest BCUT2D eigenvalue weighted by Gasteiger charge is 2.32. The molecule has 1 saturated heterocycles. The molecule has 1 aliphatic rings. The molecular weight excluding hydrogens is 296 g/mol. The van der Waals surface area contributed by atoms with Crippen molar-refractivity contribution in [2.45, 2.75) is 44.9 Å². The Balaban J connectivity index is 2.15. The lowest BCUT2D eigenvalue weighted by molar-refractivity contribution is -0.133. The first-order valence-electron chi connectivity index (χ1n) is 7.77. The van der Waals surface area contributed by atoms with Crippen molar-refractivity contribution in [3.63, 3.8) is 0 Å². The van der Waals surface area contributed by atoms with Gasteiger partial charge in [-0.2, -0.15) is 0 Å². The minimum absolute atomic E-state index is 0.237. The number of rotatable bonds is 3. The lowest BCUT2D eigenvalue weighted by atomic mass is 10.1. The molecule has 126 valence electrons. The number of nitrogens with one attached hydrogen (secondary N) is 1. The van der Waals surface area contributed by atoms with Crippen LogP contribution in [0, 0.1) is 0 Å². The number of hydrogen-bond donors (Lipinski definition) is 2. The zero-order chi connectivity index (χ0) is 17.0. The molecule has 6 heteroatoms. The number of β-amino-alcohol motifs (C(OH)–C–C–N with tert-alkyl or cyclic N) is 1. The fraction of sp³-hybridized carbons (Fsp3) is 0.529. The molecule has 0 aliphatic carbocycles. The van der Waals surface area contributed by atoms with Gasteiger partial charge in [0.1, 0.15) is 11.6 Å². The smallest absolute Gasteiger partial charge is 0.408 e. The molecule has 1 fully saturated rings. The van der Waals surface area contributed by atoms with E-state index >= 15 is 0 Å². The third-order valence-electron chi connectivity index (χ3n) is 3.52. The van der Waals surface area contributed by atoms with Gasteiger partial charge in [0.2, 0.25) is 5.91 Å². The zero-order valence-electron chi connectivity index (χ0n) is 13.8. The maximum Gasteiger partial charge on any atom is 0.408 e. The number of aliphatic hydroxyl groups excluding tert-OH is 1. The lowest BCUT2D eigenvalue weighted by Crippen LogP contribution is -2.44. The maximum atomic E-state index is 12.7. The number of likely N-dealkylation sites (tertiary alicyclic amines) is 1. The van der Waals surface area contributed by atoms with Crippen molar-refractivity contribution in [1.29, 1.82) is 0 Å². The molecule has 0 aromatic heterocycles. The quantitative estimate of drug-likeness (QED) is 0.891. The molecule has 1 heterocycles. The van der Waals surface area contributed by atoms with Crippen molar-refractivity contribution in [2.75, 3.05) is 13.1 Å². The average molecular weight is 320 g/mol. The number of alkyl carbamates (subject to hydrolysis) is 1. The Morgan fingerprint density at radius 3 is 2.48 bits per heavy atom. The molecule has 0 bridgehead atoms. The molecular formula is C17H24N2O4. The van der Waals surface area contributed by atoms with Crippen molar-refractivity contribution in [3.8, 4) is 0 Å². The molecule has 0 unspecified atom stereocenters. The van der Waals surface area contributed by atoms with Crippen molar-refractivity contribution in [1.82, 2.24) is 10.2 Å². The van der Waals surface area contributed by atoms with Gasteiger partial charge in [0.25, 0.3) is 0 Å². The van der Waals surface area contributed by atoms with Crippen LogP contribution in [-0.4, -0.2) is 46.8 Å². The summed E-state index contributed by atoms with van der Waals surface area (Å²) in [6.45, 7) is 6.08. The van der Waals surface area contributed by atoms with E-state index in [-0.39, 0.29) is 12.5 Å². The van der Waals surface area contributed by atoms with Crippen molar-refractivity contribution in [3.05, 3.63) is 35.9 Å². The Hall–Kier alpha value is -2.08. The Morgan fingerprint density at radius 2 is 1.96 bits per heavy atom. The van der Waals surface area contributed by atoms with E-state index in [1.54, 1.807) is 37.8 Å². The van der Waals surface area contributed by atoms with Crippen LogP contribution in [0.5, 0.6) is 0 Å². The first kappa shape index (κ1) is 17.3. The highest BCUT2D eigenvalue weighted by atomic mass is 16.6. The van der Waals surface area contributed by atoms with Crippen LogP contribution in [0.4, 0.5) is 4.79 Å². The summed E-state index contributed by atoms with van der Waals surface area (Å²) in [4.78, 5) is 26.4. The Morgan fingerprint density at radius 1 is 1.30 bits per heavy atom. The second kappa shape index (κ2) is 7.00. The molecule has 0 saturated carbocycles. The van der Waals surface area contributed by atoms with Crippen LogP contribution in [0.15, 0.2) is 30.3 Å². The Kier molecular flexibility index (Phi) is 5.26. The summed E-state index contributed by atoms with van der Waals surface area (Å²) < 4.78 is 5.25. The van der Waals surface area contributed by atoms with Crippen LogP contribution in [0.2, 0.25) is 0 Å². The minimum Gasteiger partial charge on any atom is -0.444 e. The van der Waals surface area contributed by atoms with E-state index in [0.717, 1.165) is 0 Å². The highest BCUT2D eigenvalue weighted by molar-refractivity contribution is 5.87. The third-order valence-corrected chi connectivity index (χ3v) is 3.52. The molecule has 1 aromatic rings. The van der Waals surface area contributed by atoms with Gasteiger partial charge in [0, 0.05) is 13.1 Å². The Labute approximate surface area is 136 Å². The highest BCUT2D eigenvalue weighted by Crippen LogP contribution is 2.20. The van der Waals surface area contributed by atoms with Crippen LogP contribution in [0.3, 0.4) is 0 Å². The monoisotopic (exact) mass is 320 g/mol. The van der Waals surface area contributed by atoms with Crippen molar-refractivity contribution in [2.24, 2.45) is 0 Å². The number of carbonyl (C=O) groups excluding carboxylic acids is 2. The van der Waals surface area contributed by atoms with Gasteiger partial charge < -0.3 is 20.1 Å².